The van der Waals surface area contributed by atoms with E-state index in [0.717, 1.165) is 36.3 Å². The van der Waals surface area contributed by atoms with E-state index in [2.05, 4.69) is 17.5 Å². The van der Waals surface area contributed by atoms with Gasteiger partial charge in [0.25, 0.3) is 0 Å². The molecule has 1 aromatic carbocycles. The highest BCUT2D eigenvalue weighted by molar-refractivity contribution is 5.79. The summed E-state index contributed by atoms with van der Waals surface area (Å²) in [5.74, 6) is 1.70. The second-order valence-electron chi connectivity index (χ2n) is 5.32. The highest BCUT2D eigenvalue weighted by atomic mass is 16.5. The van der Waals surface area contributed by atoms with Gasteiger partial charge in [0.1, 0.15) is 11.5 Å². The summed E-state index contributed by atoms with van der Waals surface area (Å²) < 4.78 is 10.6. The topological polar surface area (TPSA) is 47.6 Å². The summed E-state index contributed by atoms with van der Waals surface area (Å²) in [6.45, 7) is 1.97. The number of methoxy groups -OCH3 is 2. The van der Waals surface area contributed by atoms with E-state index in [1.807, 2.05) is 25.1 Å². The van der Waals surface area contributed by atoms with Crippen molar-refractivity contribution >= 4 is 5.91 Å². The molecule has 2 atom stereocenters. The number of nitrogens with one attached hydrogen (secondary N) is 1. The van der Waals surface area contributed by atoms with E-state index in [1.54, 1.807) is 14.2 Å². The fourth-order valence-electron chi connectivity index (χ4n) is 2.62. The Morgan fingerprint density at radius 3 is 2.71 bits per heavy atom. The minimum atomic E-state index is -0.117. The summed E-state index contributed by atoms with van der Waals surface area (Å²) in [7, 11) is 3.26. The Balaban J connectivity index is 2.10. The number of rotatable bonds is 5. The van der Waals surface area contributed by atoms with Crippen LogP contribution in [0.3, 0.4) is 0 Å². The first-order chi connectivity index (χ1) is 10.2. The molecule has 0 aliphatic heterocycles. The molecule has 0 fully saturated rings. The van der Waals surface area contributed by atoms with E-state index < -0.39 is 0 Å². The van der Waals surface area contributed by atoms with Gasteiger partial charge in [-0.3, -0.25) is 4.79 Å². The van der Waals surface area contributed by atoms with Crippen molar-refractivity contribution in [3.8, 4) is 11.5 Å². The van der Waals surface area contributed by atoms with E-state index in [4.69, 9.17) is 9.47 Å². The maximum Gasteiger partial charge on any atom is 0.223 e. The van der Waals surface area contributed by atoms with Crippen molar-refractivity contribution in [1.82, 2.24) is 5.32 Å². The molecule has 0 aromatic heterocycles. The van der Waals surface area contributed by atoms with Crippen LogP contribution >= 0.6 is 0 Å². The monoisotopic (exact) mass is 289 g/mol. The summed E-state index contributed by atoms with van der Waals surface area (Å²) in [4.78, 5) is 12.3. The Labute approximate surface area is 126 Å². The van der Waals surface area contributed by atoms with Gasteiger partial charge < -0.3 is 14.8 Å². The molecule has 0 saturated carbocycles. The minimum absolute atomic E-state index is 0.0778. The maximum absolute atomic E-state index is 12.3. The molecular weight excluding hydrogens is 266 g/mol. The normalized spacial score (nSPS) is 18.9. The third-order valence-electron chi connectivity index (χ3n) is 3.90. The average molecular weight is 289 g/mol. The second kappa shape index (κ2) is 7.16. The predicted octanol–water partition coefficient (Wildman–Crippen LogP) is 3.24. The lowest BCUT2D eigenvalue weighted by Crippen LogP contribution is -2.33. The Bertz CT molecular complexity index is 525. The lowest BCUT2D eigenvalue weighted by atomic mass is 9.93. The Kier molecular flexibility index (Phi) is 5.26. The van der Waals surface area contributed by atoms with Gasteiger partial charge in [0.2, 0.25) is 5.91 Å². The van der Waals surface area contributed by atoms with Gasteiger partial charge in [-0.15, -0.1) is 0 Å². The number of allylic oxidation sites excluding steroid dienone is 2. The van der Waals surface area contributed by atoms with Crippen molar-refractivity contribution in [2.24, 2.45) is 5.92 Å². The van der Waals surface area contributed by atoms with Crippen LogP contribution in [0.4, 0.5) is 0 Å². The zero-order valence-corrected chi connectivity index (χ0v) is 12.9. The molecule has 0 saturated heterocycles. The fourth-order valence-corrected chi connectivity index (χ4v) is 2.62. The zero-order valence-electron chi connectivity index (χ0n) is 12.9. The summed E-state index contributed by atoms with van der Waals surface area (Å²) in [5, 5.41) is 3.08. The number of hydrogen-bond donors (Lipinski definition) is 1. The minimum Gasteiger partial charge on any atom is -0.497 e. The molecule has 0 radical (unpaired) electrons. The first-order valence-electron chi connectivity index (χ1n) is 7.33. The fraction of sp³-hybridized carbons (Fsp3) is 0.471. The second-order valence-corrected chi connectivity index (χ2v) is 5.32. The van der Waals surface area contributed by atoms with Crippen molar-refractivity contribution in [1.29, 1.82) is 0 Å². The van der Waals surface area contributed by atoms with Crippen LogP contribution in [-0.2, 0) is 4.79 Å². The van der Waals surface area contributed by atoms with Gasteiger partial charge >= 0.3 is 0 Å². The van der Waals surface area contributed by atoms with Gasteiger partial charge in [-0.05, 0) is 44.4 Å². The van der Waals surface area contributed by atoms with Crippen LogP contribution in [-0.4, -0.2) is 20.1 Å². The lowest BCUT2D eigenvalue weighted by molar-refractivity contribution is -0.125. The van der Waals surface area contributed by atoms with Gasteiger partial charge in [-0.1, -0.05) is 12.2 Å². The molecule has 1 aliphatic rings. The molecule has 21 heavy (non-hydrogen) atoms. The Hall–Kier alpha value is -1.97. The number of carbonyl (C=O) groups excluding carboxylic acids is 1. The van der Waals surface area contributed by atoms with Gasteiger partial charge in [-0.2, -0.15) is 0 Å². The molecule has 0 unspecified atom stereocenters. The third kappa shape index (κ3) is 3.78. The van der Waals surface area contributed by atoms with Gasteiger partial charge in [-0.25, -0.2) is 0 Å². The first kappa shape index (κ1) is 15.4. The highest BCUT2D eigenvalue weighted by Gasteiger charge is 2.22. The van der Waals surface area contributed by atoms with Crippen LogP contribution in [0.15, 0.2) is 30.4 Å². The zero-order chi connectivity index (χ0) is 15.2. The summed E-state index contributed by atoms with van der Waals surface area (Å²) in [5.41, 5.74) is 0.927. The molecule has 2 rings (SSSR count). The Morgan fingerprint density at radius 2 is 2.10 bits per heavy atom. The number of carbonyl (C=O) groups is 1. The number of hydrogen-bond acceptors (Lipinski definition) is 3. The van der Waals surface area contributed by atoms with Crippen molar-refractivity contribution in [3.63, 3.8) is 0 Å². The van der Waals surface area contributed by atoms with E-state index in [9.17, 15) is 4.79 Å². The quantitative estimate of drug-likeness (QED) is 0.847. The SMILES string of the molecule is COc1ccc(OC)c([C@H](C)NC(=O)[C@H]2CC=CCC2)c1. The largest absolute Gasteiger partial charge is 0.497 e. The molecular formula is C17H23NO3. The molecule has 0 heterocycles. The maximum atomic E-state index is 12.3. The smallest absolute Gasteiger partial charge is 0.223 e. The van der Waals surface area contributed by atoms with Crippen LogP contribution in [0.1, 0.15) is 37.8 Å². The van der Waals surface area contributed by atoms with E-state index >= 15 is 0 Å². The molecule has 0 spiro atoms. The van der Waals surface area contributed by atoms with Crippen LogP contribution < -0.4 is 14.8 Å². The van der Waals surface area contributed by atoms with Crippen LogP contribution in [0.2, 0.25) is 0 Å². The first-order valence-corrected chi connectivity index (χ1v) is 7.33. The van der Waals surface area contributed by atoms with Crippen molar-refractivity contribution in [3.05, 3.63) is 35.9 Å². The van der Waals surface area contributed by atoms with Crippen molar-refractivity contribution in [2.45, 2.75) is 32.2 Å². The molecule has 1 amide bonds. The number of amides is 1. The van der Waals surface area contributed by atoms with E-state index in [1.165, 1.54) is 0 Å². The number of benzene rings is 1. The molecule has 4 heteroatoms. The van der Waals surface area contributed by atoms with Crippen LogP contribution in [0.25, 0.3) is 0 Å². The molecule has 1 N–H and O–H groups in total. The predicted molar refractivity (Wildman–Crippen MR) is 82.6 cm³/mol. The lowest BCUT2D eigenvalue weighted by Gasteiger charge is -2.22. The van der Waals surface area contributed by atoms with Gasteiger partial charge in [0.05, 0.1) is 20.3 Å². The van der Waals surface area contributed by atoms with Gasteiger partial charge in [0.15, 0.2) is 0 Å². The molecule has 1 aliphatic carbocycles. The van der Waals surface area contributed by atoms with Crippen molar-refractivity contribution in [2.75, 3.05) is 14.2 Å². The molecule has 114 valence electrons. The average Bonchev–Trinajstić information content (AvgIpc) is 2.54. The van der Waals surface area contributed by atoms with E-state index in [0.29, 0.717) is 0 Å². The summed E-state index contributed by atoms with van der Waals surface area (Å²) in [6.07, 6.45) is 6.95. The molecule has 1 aromatic rings. The van der Waals surface area contributed by atoms with Gasteiger partial charge in [0, 0.05) is 11.5 Å². The van der Waals surface area contributed by atoms with Crippen LogP contribution in [0.5, 0.6) is 11.5 Å². The highest BCUT2D eigenvalue weighted by Crippen LogP contribution is 2.30. The Morgan fingerprint density at radius 1 is 1.29 bits per heavy atom. The van der Waals surface area contributed by atoms with Crippen molar-refractivity contribution < 1.29 is 14.3 Å². The summed E-state index contributed by atoms with van der Waals surface area (Å²) in [6, 6.07) is 5.50. The van der Waals surface area contributed by atoms with E-state index in [-0.39, 0.29) is 17.9 Å². The summed E-state index contributed by atoms with van der Waals surface area (Å²) >= 11 is 0. The standard InChI is InChI=1S/C17H23NO3/c1-12(18-17(19)13-7-5-4-6-8-13)15-11-14(20-2)9-10-16(15)21-3/h4-5,9-13H,6-8H2,1-3H3,(H,18,19)/t12-,13-/m0/s1. The third-order valence-corrected chi connectivity index (χ3v) is 3.90. The number of ether oxygens (including phenoxy) is 2. The molecule has 0 bridgehead atoms. The molecule has 4 nitrogen and oxygen atoms in total. The van der Waals surface area contributed by atoms with Crippen LogP contribution in [0, 0.1) is 5.92 Å².